The first-order valence-corrected chi connectivity index (χ1v) is 8.14. The van der Waals surface area contributed by atoms with Crippen LogP contribution in [0.1, 0.15) is 39.9 Å². The number of nitrogens with zero attached hydrogens (tertiary/aromatic N) is 1. The van der Waals surface area contributed by atoms with Gasteiger partial charge in [-0.2, -0.15) is 0 Å². The van der Waals surface area contributed by atoms with Gasteiger partial charge in [0, 0.05) is 35.3 Å². The van der Waals surface area contributed by atoms with E-state index in [9.17, 15) is 13.8 Å². The molecule has 104 valence electrons. The molecule has 1 fully saturated rings. The van der Waals surface area contributed by atoms with Gasteiger partial charge in [-0.05, 0) is 12.8 Å². The van der Waals surface area contributed by atoms with Crippen LogP contribution in [0.25, 0.3) is 0 Å². The maximum absolute atomic E-state index is 11.4. The maximum atomic E-state index is 11.4. The van der Waals surface area contributed by atoms with Crippen LogP contribution in [0.4, 0.5) is 5.13 Å². The van der Waals surface area contributed by atoms with Crippen LogP contribution in [0, 0.1) is 0 Å². The lowest BCUT2D eigenvalue weighted by Gasteiger charge is -2.21. The average molecular weight is 302 g/mol. The molecule has 1 aliphatic heterocycles. The number of carbonyl (C=O) groups excluding carboxylic acids is 1. The van der Waals surface area contributed by atoms with Crippen LogP contribution in [0.3, 0.4) is 0 Å². The summed E-state index contributed by atoms with van der Waals surface area (Å²) < 4.78 is 11.2. The molecule has 8 heteroatoms. The molecule has 0 radical (unpaired) electrons. The van der Waals surface area contributed by atoms with Gasteiger partial charge in [-0.1, -0.05) is 11.3 Å². The van der Waals surface area contributed by atoms with Gasteiger partial charge in [0.25, 0.3) is 0 Å². The van der Waals surface area contributed by atoms with Gasteiger partial charge in [0.05, 0.1) is 0 Å². The fourth-order valence-corrected chi connectivity index (χ4v) is 4.11. The van der Waals surface area contributed by atoms with Crippen LogP contribution < -0.4 is 5.32 Å². The Bertz CT molecular complexity index is 499. The Balaban J connectivity index is 2.13. The van der Waals surface area contributed by atoms with Gasteiger partial charge in [-0.25, -0.2) is 9.78 Å². The molecule has 0 spiro atoms. The fourth-order valence-electron chi connectivity index (χ4n) is 1.88. The van der Waals surface area contributed by atoms with Crippen molar-refractivity contribution in [3.63, 3.8) is 0 Å². The molecule has 1 saturated heterocycles. The van der Waals surface area contributed by atoms with E-state index >= 15 is 0 Å². The van der Waals surface area contributed by atoms with Crippen molar-refractivity contribution in [1.82, 2.24) is 4.98 Å². The molecule has 0 atom stereocenters. The van der Waals surface area contributed by atoms with Crippen molar-refractivity contribution in [2.45, 2.75) is 25.8 Å². The van der Waals surface area contributed by atoms with Crippen molar-refractivity contribution < 1.29 is 18.9 Å². The summed E-state index contributed by atoms with van der Waals surface area (Å²) in [6.07, 6.45) is 1.54. The molecule has 0 aliphatic carbocycles. The summed E-state index contributed by atoms with van der Waals surface area (Å²) in [5.74, 6) is -0.199. The van der Waals surface area contributed by atoms with Crippen LogP contribution >= 0.6 is 11.3 Å². The second-order valence-electron chi connectivity index (χ2n) is 4.32. The zero-order valence-electron chi connectivity index (χ0n) is 10.3. The monoisotopic (exact) mass is 302 g/mol. The summed E-state index contributed by atoms with van der Waals surface area (Å²) in [6, 6.07) is 0.144. The van der Waals surface area contributed by atoms with Crippen molar-refractivity contribution >= 4 is 39.0 Å². The number of hydrogen-bond acceptors (Lipinski definition) is 6. The number of rotatable bonds is 4. The van der Waals surface area contributed by atoms with E-state index in [0.717, 1.165) is 24.2 Å². The van der Waals surface area contributed by atoms with E-state index in [0.29, 0.717) is 16.6 Å². The molecule has 2 heterocycles. The number of anilines is 1. The van der Waals surface area contributed by atoms with E-state index in [-0.39, 0.29) is 22.4 Å². The fraction of sp³-hybridized carbons (Fsp3) is 0.545. The number of carboxylic acids is 1. The molecular formula is C11H14N2O4S2. The van der Waals surface area contributed by atoms with Gasteiger partial charge in [0.15, 0.2) is 16.6 Å². The lowest BCUT2D eigenvalue weighted by molar-refractivity contribution is 0.0687. The van der Waals surface area contributed by atoms with Crippen molar-refractivity contribution in [3.05, 3.63) is 10.6 Å². The minimum Gasteiger partial charge on any atom is -0.476 e. The van der Waals surface area contributed by atoms with E-state index in [1.807, 2.05) is 0 Å². The summed E-state index contributed by atoms with van der Waals surface area (Å²) in [5.41, 5.74) is -0.195. The van der Waals surface area contributed by atoms with Gasteiger partial charge >= 0.3 is 5.97 Å². The smallest absolute Gasteiger partial charge is 0.356 e. The highest BCUT2D eigenvalue weighted by atomic mass is 32.2. The highest BCUT2D eigenvalue weighted by Crippen LogP contribution is 2.26. The minimum absolute atomic E-state index is 0.144. The Labute approximate surface area is 116 Å². The number of nitrogens with one attached hydrogen (secondary N) is 1. The number of hydrogen-bond donors (Lipinski definition) is 2. The molecule has 1 aromatic heterocycles. The lowest BCUT2D eigenvalue weighted by Crippen LogP contribution is -2.29. The van der Waals surface area contributed by atoms with Crippen LogP contribution in [0.5, 0.6) is 0 Å². The Morgan fingerprint density at radius 3 is 2.53 bits per heavy atom. The zero-order valence-corrected chi connectivity index (χ0v) is 12.0. The van der Waals surface area contributed by atoms with Gasteiger partial charge in [-0.15, -0.1) is 0 Å². The average Bonchev–Trinajstić information content (AvgIpc) is 2.76. The summed E-state index contributed by atoms with van der Waals surface area (Å²) in [5, 5.41) is 12.6. The summed E-state index contributed by atoms with van der Waals surface area (Å²) in [7, 11) is -0.738. The molecule has 0 aromatic carbocycles. The third-order valence-corrected chi connectivity index (χ3v) is 5.33. The first kappa shape index (κ1) is 14.1. The number of thiazole rings is 1. The lowest BCUT2D eigenvalue weighted by atomic mass is 10.2. The first-order valence-electron chi connectivity index (χ1n) is 5.84. The van der Waals surface area contributed by atoms with Gasteiger partial charge in [0.1, 0.15) is 4.88 Å². The molecule has 0 saturated carbocycles. The predicted molar refractivity (Wildman–Crippen MR) is 73.6 cm³/mol. The van der Waals surface area contributed by atoms with E-state index in [1.165, 1.54) is 6.92 Å². The van der Waals surface area contributed by atoms with Crippen molar-refractivity contribution in [3.8, 4) is 0 Å². The van der Waals surface area contributed by atoms with Gasteiger partial charge < -0.3 is 10.4 Å². The number of carboxylic acid groups (broad SMARTS) is 1. The number of ketones is 1. The molecule has 2 N–H and O–H groups in total. The molecule has 0 amide bonds. The Kier molecular flexibility index (Phi) is 4.31. The molecule has 0 unspecified atom stereocenters. The third kappa shape index (κ3) is 3.38. The summed E-state index contributed by atoms with van der Waals surface area (Å²) in [6.45, 7) is 1.33. The van der Waals surface area contributed by atoms with Crippen molar-refractivity contribution in [1.29, 1.82) is 0 Å². The number of aromatic carboxylic acids is 1. The molecule has 0 bridgehead atoms. The second-order valence-corrected chi connectivity index (χ2v) is 7.02. The molecular weight excluding hydrogens is 288 g/mol. The standard InChI is InChI=1S/C11H14N2O4S2/c1-6(14)9-8(10(15)16)13-11(18-9)12-7-2-4-19(17)5-3-7/h7H,2-5H2,1H3,(H,12,13)(H,15,16). The van der Waals surface area contributed by atoms with Crippen molar-refractivity contribution in [2.75, 3.05) is 16.8 Å². The number of Topliss-reactive ketones (excluding diaryl/α,β-unsaturated/α-hetero) is 1. The highest BCUT2D eigenvalue weighted by molar-refractivity contribution is 7.85. The van der Waals surface area contributed by atoms with Crippen LogP contribution in [0.2, 0.25) is 0 Å². The van der Waals surface area contributed by atoms with Crippen LogP contribution in [-0.2, 0) is 10.8 Å². The summed E-state index contributed by atoms with van der Waals surface area (Å²) >= 11 is 1.06. The normalized spacial score (nSPS) is 23.0. The van der Waals surface area contributed by atoms with Crippen molar-refractivity contribution in [2.24, 2.45) is 0 Å². The quantitative estimate of drug-likeness (QED) is 0.815. The first-order chi connectivity index (χ1) is 8.97. The van der Waals surface area contributed by atoms with E-state index in [4.69, 9.17) is 5.11 Å². The topological polar surface area (TPSA) is 96.4 Å². The van der Waals surface area contributed by atoms with Crippen LogP contribution in [-0.4, -0.2) is 43.6 Å². The van der Waals surface area contributed by atoms with Crippen LogP contribution in [0.15, 0.2) is 0 Å². The number of carbonyl (C=O) groups is 2. The predicted octanol–water partition coefficient (Wildman–Crippen LogP) is 1.37. The van der Waals surface area contributed by atoms with Gasteiger partial charge in [-0.3, -0.25) is 9.00 Å². The maximum Gasteiger partial charge on any atom is 0.356 e. The van der Waals surface area contributed by atoms with E-state index < -0.39 is 16.8 Å². The largest absolute Gasteiger partial charge is 0.476 e. The molecule has 1 aromatic rings. The highest BCUT2D eigenvalue weighted by Gasteiger charge is 2.23. The minimum atomic E-state index is -1.20. The summed E-state index contributed by atoms with van der Waals surface area (Å²) in [4.78, 5) is 26.5. The second kappa shape index (κ2) is 5.79. The Morgan fingerprint density at radius 1 is 1.42 bits per heavy atom. The molecule has 1 aliphatic rings. The Hall–Kier alpha value is -1.28. The number of aromatic nitrogens is 1. The molecule has 19 heavy (non-hydrogen) atoms. The molecule has 2 rings (SSSR count). The third-order valence-electron chi connectivity index (χ3n) is 2.87. The van der Waals surface area contributed by atoms with E-state index in [1.54, 1.807) is 0 Å². The van der Waals surface area contributed by atoms with Gasteiger partial charge in [0.2, 0.25) is 0 Å². The van der Waals surface area contributed by atoms with E-state index in [2.05, 4.69) is 10.3 Å². The molecule has 6 nitrogen and oxygen atoms in total. The zero-order chi connectivity index (χ0) is 14.0. The Morgan fingerprint density at radius 2 is 2.05 bits per heavy atom. The SMILES string of the molecule is CC(=O)c1sc(NC2CCS(=O)CC2)nc1C(=O)O.